The summed E-state index contributed by atoms with van der Waals surface area (Å²) in [6.07, 6.45) is 14.1. The maximum atomic E-state index is 13.5. The second-order valence-electron chi connectivity index (χ2n) is 11.7. The van der Waals surface area contributed by atoms with Gasteiger partial charge in [-0.1, -0.05) is 6.07 Å². The predicted octanol–water partition coefficient (Wildman–Crippen LogP) is 3.51. The zero-order valence-corrected chi connectivity index (χ0v) is 19.9. The number of phenolic OH excluding ortho intramolecular Hbond substituents is 1. The average Bonchev–Trinajstić information content (AvgIpc) is 3.47. The van der Waals surface area contributed by atoms with Crippen LogP contribution in [0.5, 0.6) is 11.5 Å². The Labute approximate surface area is 204 Å². The second kappa shape index (κ2) is 6.90. The molecule has 7 aliphatic rings. The van der Waals surface area contributed by atoms with E-state index in [1.807, 2.05) is 6.07 Å². The molecule has 35 heavy (non-hydrogen) atoms. The number of benzene rings is 1. The van der Waals surface area contributed by atoms with Crippen molar-refractivity contribution in [1.29, 1.82) is 0 Å². The first-order valence-electron chi connectivity index (χ1n) is 13.2. The van der Waals surface area contributed by atoms with Gasteiger partial charge in [-0.3, -0.25) is 9.69 Å². The molecule has 7 heteroatoms. The third kappa shape index (κ3) is 2.55. The summed E-state index contributed by atoms with van der Waals surface area (Å²) in [7, 11) is 0. The van der Waals surface area contributed by atoms with Gasteiger partial charge in [0.1, 0.15) is 18.1 Å². The SMILES string of the molecule is O=C(/C=C/c1cocn1)N1CC[C@@]23CC[C@@H]1[C@@H]1Oc4c(O)ccc5c4[C@@]12CCN(CC1CC1)[C@@H]3C5. The van der Waals surface area contributed by atoms with Gasteiger partial charge in [0.25, 0.3) is 0 Å². The second-order valence-corrected chi connectivity index (χ2v) is 11.7. The maximum Gasteiger partial charge on any atom is 0.247 e. The van der Waals surface area contributed by atoms with Crippen molar-refractivity contribution in [3.05, 3.63) is 47.7 Å². The molecule has 5 heterocycles. The van der Waals surface area contributed by atoms with E-state index in [0.29, 0.717) is 17.5 Å². The zero-order chi connectivity index (χ0) is 23.4. The molecule has 5 atom stereocenters. The number of aromatic nitrogens is 1. The highest BCUT2D eigenvalue weighted by Gasteiger charge is 2.74. The molecule has 2 aromatic rings. The van der Waals surface area contributed by atoms with Crippen molar-refractivity contribution in [1.82, 2.24) is 14.8 Å². The molecule has 2 saturated carbocycles. The van der Waals surface area contributed by atoms with Gasteiger partial charge in [-0.25, -0.2) is 4.98 Å². The summed E-state index contributed by atoms with van der Waals surface area (Å²) in [5.41, 5.74) is 3.24. The molecule has 4 aliphatic heterocycles. The fourth-order valence-corrected chi connectivity index (χ4v) is 8.82. The molecular formula is C28H31N3O4. The van der Waals surface area contributed by atoms with Gasteiger partial charge in [-0.05, 0) is 75.1 Å². The Balaban J connectivity index is 1.25. The first kappa shape index (κ1) is 20.4. The molecule has 182 valence electrons. The van der Waals surface area contributed by atoms with Crippen molar-refractivity contribution in [2.24, 2.45) is 11.3 Å². The highest BCUT2D eigenvalue weighted by molar-refractivity contribution is 5.92. The van der Waals surface area contributed by atoms with Gasteiger partial charge in [-0.2, -0.15) is 0 Å². The molecule has 2 spiro atoms. The lowest BCUT2D eigenvalue weighted by molar-refractivity contribution is -0.140. The molecule has 0 unspecified atom stereocenters. The lowest BCUT2D eigenvalue weighted by atomic mass is 9.42. The molecule has 5 fully saturated rings. The van der Waals surface area contributed by atoms with Crippen molar-refractivity contribution < 1.29 is 19.1 Å². The van der Waals surface area contributed by atoms with Crippen LogP contribution in [0.1, 0.15) is 55.3 Å². The van der Waals surface area contributed by atoms with Gasteiger partial charge >= 0.3 is 0 Å². The van der Waals surface area contributed by atoms with Gasteiger partial charge in [0.15, 0.2) is 17.9 Å². The summed E-state index contributed by atoms with van der Waals surface area (Å²) in [5.74, 6) is 1.82. The smallest absolute Gasteiger partial charge is 0.247 e. The van der Waals surface area contributed by atoms with Crippen LogP contribution in [-0.4, -0.2) is 63.6 Å². The lowest BCUT2D eigenvalue weighted by Gasteiger charge is -2.66. The van der Waals surface area contributed by atoms with Gasteiger partial charge in [0.2, 0.25) is 5.91 Å². The van der Waals surface area contributed by atoms with Crippen molar-refractivity contribution in [2.75, 3.05) is 19.6 Å². The largest absolute Gasteiger partial charge is 0.504 e. The third-order valence-electron chi connectivity index (χ3n) is 10.3. The fraction of sp³-hybridized carbons (Fsp3) is 0.571. The predicted molar refractivity (Wildman–Crippen MR) is 128 cm³/mol. The number of rotatable bonds is 4. The summed E-state index contributed by atoms with van der Waals surface area (Å²) < 4.78 is 11.8. The van der Waals surface area contributed by atoms with E-state index in [4.69, 9.17) is 9.15 Å². The number of hydrogen-bond acceptors (Lipinski definition) is 6. The maximum absolute atomic E-state index is 13.5. The number of likely N-dealkylation sites (tertiary alicyclic amines) is 1. The Morgan fingerprint density at radius 2 is 2.11 bits per heavy atom. The first-order chi connectivity index (χ1) is 17.1. The summed E-state index contributed by atoms with van der Waals surface area (Å²) in [6, 6.07) is 4.45. The summed E-state index contributed by atoms with van der Waals surface area (Å²) in [4.78, 5) is 22.5. The number of aromatic hydroxyl groups is 1. The van der Waals surface area contributed by atoms with Crippen LogP contribution in [-0.2, 0) is 16.6 Å². The molecule has 1 amide bonds. The van der Waals surface area contributed by atoms with E-state index in [9.17, 15) is 9.90 Å². The number of hydrogen-bond donors (Lipinski definition) is 1. The Bertz CT molecular complexity index is 1240. The summed E-state index contributed by atoms with van der Waals surface area (Å²) >= 11 is 0. The van der Waals surface area contributed by atoms with Crippen LogP contribution in [0.2, 0.25) is 0 Å². The van der Waals surface area contributed by atoms with E-state index in [0.717, 1.165) is 51.1 Å². The molecular weight excluding hydrogens is 442 g/mol. The van der Waals surface area contributed by atoms with E-state index >= 15 is 0 Å². The minimum atomic E-state index is -0.118. The van der Waals surface area contributed by atoms with E-state index in [-0.39, 0.29) is 34.6 Å². The van der Waals surface area contributed by atoms with Crippen molar-refractivity contribution in [3.8, 4) is 11.5 Å². The number of fused-ring (bicyclic) bond motifs is 3. The van der Waals surface area contributed by atoms with Crippen LogP contribution < -0.4 is 4.74 Å². The number of carbonyl (C=O) groups excluding carboxylic acids is 1. The molecule has 1 aromatic carbocycles. The van der Waals surface area contributed by atoms with Crippen LogP contribution in [0.3, 0.4) is 0 Å². The standard InChI is InChI=1S/C28H31N3O4/c32-21-5-3-18-13-22-27-8-7-20(31(12-9-27)23(33)6-4-19-15-34-16-29-19)26-28(27,24(18)25(21)35-26)10-11-30(22)14-17-1-2-17/h3-6,15-17,20,22,26,32H,1-2,7-14H2/b6-4+/t20-,22-,26+,27-,28+/m1/s1. The molecule has 4 bridgehead atoms. The highest BCUT2D eigenvalue weighted by atomic mass is 16.5. The number of piperidine rings is 1. The van der Waals surface area contributed by atoms with E-state index < -0.39 is 0 Å². The monoisotopic (exact) mass is 473 g/mol. The highest BCUT2D eigenvalue weighted by Crippen LogP contribution is 2.71. The van der Waals surface area contributed by atoms with Gasteiger partial charge in [0, 0.05) is 41.6 Å². The number of carbonyl (C=O) groups is 1. The quantitative estimate of drug-likeness (QED) is 0.685. The third-order valence-corrected chi connectivity index (χ3v) is 10.3. The molecule has 9 rings (SSSR count). The van der Waals surface area contributed by atoms with Crippen molar-refractivity contribution >= 4 is 12.0 Å². The number of nitrogens with zero attached hydrogens (tertiary/aromatic N) is 3. The average molecular weight is 474 g/mol. The van der Waals surface area contributed by atoms with Crippen LogP contribution in [0.15, 0.2) is 35.3 Å². The molecule has 1 N–H and O–H groups in total. The summed E-state index contributed by atoms with van der Waals surface area (Å²) in [5, 5.41) is 10.9. The first-order valence-corrected chi connectivity index (χ1v) is 13.2. The molecule has 3 aliphatic carbocycles. The van der Waals surface area contributed by atoms with Crippen molar-refractivity contribution in [2.45, 2.75) is 68.5 Å². The van der Waals surface area contributed by atoms with Crippen LogP contribution >= 0.6 is 0 Å². The number of phenols is 1. The topological polar surface area (TPSA) is 79.0 Å². The minimum absolute atomic E-state index is 0.00784. The Morgan fingerprint density at radius 3 is 2.94 bits per heavy atom. The molecule has 0 radical (unpaired) electrons. The van der Waals surface area contributed by atoms with Crippen LogP contribution in [0.4, 0.5) is 0 Å². The normalized spacial score (nSPS) is 36.8. The zero-order valence-electron chi connectivity index (χ0n) is 19.9. The van der Waals surface area contributed by atoms with E-state index in [1.54, 1.807) is 18.4 Å². The van der Waals surface area contributed by atoms with Gasteiger partial charge in [-0.15, -0.1) is 0 Å². The van der Waals surface area contributed by atoms with Crippen LogP contribution in [0.25, 0.3) is 6.08 Å². The number of amides is 1. The Morgan fingerprint density at radius 1 is 1.20 bits per heavy atom. The van der Waals surface area contributed by atoms with Gasteiger partial charge < -0.3 is 19.2 Å². The Kier molecular flexibility index (Phi) is 4.02. The van der Waals surface area contributed by atoms with Gasteiger partial charge in [0.05, 0.1) is 6.04 Å². The van der Waals surface area contributed by atoms with E-state index in [1.165, 1.54) is 36.9 Å². The van der Waals surface area contributed by atoms with Crippen LogP contribution in [0, 0.1) is 11.3 Å². The lowest BCUT2D eigenvalue weighted by Crippen LogP contribution is -2.72. The molecule has 7 nitrogen and oxygen atoms in total. The van der Waals surface area contributed by atoms with E-state index in [2.05, 4.69) is 20.9 Å². The number of ether oxygens (including phenoxy) is 1. The Hall–Kier alpha value is -2.80. The molecule has 3 saturated heterocycles. The summed E-state index contributed by atoms with van der Waals surface area (Å²) in [6.45, 7) is 3.05. The molecule has 1 aromatic heterocycles. The fourth-order valence-electron chi connectivity index (χ4n) is 8.82. The van der Waals surface area contributed by atoms with Crippen molar-refractivity contribution in [3.63, 3.8) is 0 Å². The minimum Gasteiger partial charge on any atom is -0.504 e. The number of oxazole rings is 1.